The molecule has 1 aromatic heterocycles. The van der Waals surface area contributed by atoms with Crippen molar-refractivity contribution in [3.05, 3.63) is 64.3 Å². The van der Waals surface area contributed by atoms with E-state index in [9.17, 15) is 0 Å². The van der Waals surface area contributed by atoms with Crippen LogP contribution in [-0.2, 0) is 0 Å². The van der Waals surface area contributed by atoms with Gasteiger partial charge in [-0.3, -0.25) is 0 Å². The Balaban J connectivity index is 1.86. The standard InChI is InChI=1S/C17H16BrNO/c1-11-7-14(18)10-15(8-11)19-12(2)17-9-13-5-3-4-6-16(13)20-17/h3-10,12,19H,1-2H3. The first-order valence-electron chi connectivity index (χ1n) is 6.64. The van der Waals surface area contributed by atoms with Crippen LogP contribution in [0.5, 0.6) is 0 Å². The van der Waals surface area contributed by atoms with Gasteiger partial charge in [-0.2, -0.15) is 0 Å². The number of anilines is 1. The summed E-state index contributed by atoms with van der Waals surface area (Å²) in [4.78, 5) is 0. The zero-order valence-corrected chi connectivity index (χ0v) is 13.1. The lowest BCUT2D eigenvalue weighted by atomic mass is 10.2. The van der Waals surface area contributed by atoms with Crippen molar-refractivity contribution in [3.8, 4) is 0 Å². The predicted octanol–water partition coefficient (Wildman–Crippen LogP) is 5.68. The van der Waals surface area contributed by atoms with Crippen molar-refractivity contribution in [2.75, 3.05) is 5.32 Å². The van der Waals surface area contributed by atoms with E-state index in [1.807, 2.05) is 18.2 Å². The molecule has 3 aromatic rings. The first-order chi connectivity index (χ1) is 9.61. The molecule has 1 N–H and O–H groups in total. The van der Waals surface area contributed by atoms with Crippen LogP contribution in [0, 0.1) is 6.92 Å². The number of hydrogen-bond acceptors (Lipinski definition) is 2. The molecule has 2 aromatic carbocycles. The Kier molecular flexibility index (Phi) is 3.53. The maximum Gasteiger partial charge on any atom is 0.134 e. The summed E-state index contributed by atoms with van der Waals surface area (Å²) >= 11 is 3.52. The predicted molar refractivity (Wildman–Crippen MR) is 87.1 cm³/mol. The molecule has 1 atom stereocenters. The number of hydrogen-bond donors (Lipinski definition) is 1. The van der Waals surface area contributed by atoms with E-state index in [1.165, 1.54) is 5.56 Å². The highest BCUT2D eigenvalue weighted by Gasteiger charge is 2.11. The van der Waals surface area contributed by atoms with Crippen LogP contribution in [0.25, 0.3) is 11.0 Å². The topological polar surface area (TPSA) is 25.2 Å². The van der Waals surface area contributed by atoms with Crippen LogP contribution in [0.3, 0.4) is 0 Å². The molecule has 0 saturated heterocycles. The van der Waals surface area contributed by atoms with Gasteiger partial charge >= 0.3 is 0 Å². The van der Waals surface area contributed by atoms with E-state index in [-0.39, 0.29) is 6.04 Å². The van der Waals surface area contributed by atoms with E-state index in [0.717, 1.165) is 26.9 Å². The second kappa shape index (κ2) is 5.33. The van der Waals surface area contributed by atoms with Gasteiger partial charge in [0.25, 0.3) is 0 Å². The van der Waals surface area contributed by atoms with Crippen molar-refractivity contribution < 1.29 is 4.42 Å². The zero-order chi connectivity index (χ0) is 14.1. The molecule has 1 heterocycles. The molecule has 1 unspecified atom stereocenters. The minimum atomic E-state index is 0.121. The lowest BCUT2D eigenvalue weighted by molar-refractivity contribution is 0.526. The smallest absolute Gasteiger partial charge is 0.134 e. The molecule has 0 spiro atoms. The summed E-state index contributed by atoms with van der Waals surface area (Å²) in [6, 6.07) is 16.6. The Bertz CT molecular complexity index is 694. The van der Waals surface area contributed by atoms with Gasteiger partial charge in [-0.1, -0.05) is 34.1 Å². The molecule has 2 nitrogen and oxygen atoms in total. The Labute approximate surface area is 126 Å². The van der Waals surface area contributed by atoms with E-state index in [2.05, 4.69) is 65.4 Å². The van der Waals surface area contributed by atoms with Crippen molar-refractivity contribution in [3.63, 3.8) is 0 Å². The average molecular weight is 330 g/mol. The van der Waals surface area contributed by atoms with Crippen molar-refractivity contribution in [2.45, 2.75) is 19.9 Å². The van der Waals surface area contributed by atoms with E-state index in [0.29, 0.717) is 0 Å². The van der Waals surface area contributed by atoms with Gasteiger partial charge in [-0.05, 0) is 49.7 Å². The normalized spacial score (nSPS) is 12.6. The van der Waals surface area contributed by atoms with Crippen LogP contribution in [0.15, 0.2) is 57.4 Å². The van der Waals surface area contributed by atoms with Gasteiger partial charge in [0.05, 0.1) is 6.04 Å². The molecule has 0 amide bonds. The number of fused-ring (bicyclic) bond motifs is 1. The number of furan rings is 1. The van der Waals surface area contributed by atoms with Crippen molar-refractivity contribution in [1.82, 2.24) is 0 Å². The van der Waals surface area contributed by atoms with Crippen LogP contribution < -0.4 is 5.32 Å². The van der Waals surface area contributed by atoms with Gasteiger partial charge in [-0.25, -0.2) is 0 Å². The first kappa shape index (κ1) is 13.3. The molecule has 0 aliphatic heterocycles. The fourth-order valence-electron chi connectivity index (χ4n) is 2.36. The second-order valence-electron chi connectivity index (χ2n) is 5.07. The highest BCUT2D eigenvalue weighted by Crippen LogP contribution is 2.27. The number of para-hydroxylation sites is 1. The average Bonchev–Trinajstić information content (AvgIpc) is 2.81. The highest BCUT2D eigenvalue weighted by molar-refractivity contribution is 9.10. The molecule has 0 saturated carbocycles. The molecule has 3 rings (SSSR count). The molecule has 0 fully saturated rings. The van der Waals surface area contributed by atoms with Gasteiger partial charge in [-0.15, -0.1) is 0 Å². The molecule has 0 aliphatic rings. The Morgan fingerprint density at radius 3 is 2.65 bits per heavy atom. The fraction of sp³-hybridized carbons (Fsp3) is 0.176. The lowest BCUT2D eigenvalue weighted by Crippen LogP contribution is -2.05. The second-order valence-corrected chi connectivity index (χ2v) is 5.99. The summed E-state index contributed by atoms with van der Waals surface area (Å²) in [6.07, 6.45) is 0. The molecule has 0 radical (unpaired) electrons. The number of halogens is 1. The van der Waals surface area contributed by atoms with E-state index >= 15 is 0 Å². The van der Waals surface area contributed by atoms with Crippen LogP contribution in [0.4, 0.5) is 5.69 Å². The van der Waals surface area contributed by atoms with Crippen molar-refractivity contribution in [1.29, 1.82) is 0 Å². The number of rotatable bonds is 3. The lowest BCUT2D eigenvalue weighted by Gasteiger charge is -2.13. The minimum Gasteiger partial charge on any atom is -0.459 e. The summed E-state index contributed by atoms with van der Waals surface area (Å²) in [7, 11) is 0. The molecule has 0 aliphatic carbocycles. The third kappa shape index (κ3) is 2.73. The zero-order valence-electron chi connectivity index (χ0n) is 11.5. The van der Waals surface area contributed by atoms with E-state index in [4.69, 9.17) is 4.42 Å². The third-order valence-corrected chi connectivity index (χ3v) is 3.75. The largest absolute Gasteiger partial charge is 0.459 e. The fourth-order valence-corrected chi connectivity index (χ4v) is 2.96. The van der Waals surface area contributed by atoms with Gasteiger partial charge in [0.1, 0.15) is 11.3 Å². The van der Waals surface area contributed by atoms with Gasteiger partial charge in [0.2, 0.25) is 0 Å². The monoisotopic (exact) mass is 329 g/mol. The summed E-state index contributed by atoms with van der Waals surface area (Å²) in [5.41, 5.74) is 3.24. The minimum absolute atomic E-state index is 0.121. The maximum atomic E-state index is 5.89. The van der Waals surface area contributed by atoms with Crippen molar-refractivity contribution >= 4 is 32.6 Å². The Morgan fingerprint density at radius 1 is 1.10 bits per heavy atom. The number of aryl methyl sites for hydroxylation is 1. The molecular formula is C17H16BrNO. The summed E-state index contributed by atoms with van der Waals surface area (Å²) in [6.45, 7) is 4.19. The van der Waals surface area contributed by atoms with Gasteiger partial charge < -0.3 is 9.73 Å². The molecule has 3 heteroatoms. The molecule has 102 valence electrons. The van der Waals surface area contributed by atoms with Gasteiger partial charge in [0.15, 0.2) is 0 Å². The van der Waals surface area contributed by atoms with Gasteiger partial charge in [0, 0.05) is 15.5 Å². The summed E-state index contributed by atoms with van der Waals surface area (Å²) < 4.78 is 6.97. The van der Waals surface area contributed by atoms with Crippen LogP contribution >= 0.6 is 15.9 Å². The van der Waals surface area contributed by atoms with E-state index < -0.39 is 0 Å². The maximum absolute atomic E-state index is 5.89. The van der Waals surface area contributed by atoms with E-state index in [1.54, 1.807) is 0 Å². The summed E-state index contributed by atoms with van der Waals surface area (Å²) in [5.74, 6) is 0.948. The van der Waals surface area contributed by atoms with Crippen LogP contribution in [0.1, 0.15) is 24.3 Å². The SMILES string of the molecule is Cc1cc(Br)cc(NC(C)c2cc3ccccc3o2)c1. The summed E-state index contributed by atoms with van der Waals surface area (Å²) in [5, 5.41) is 4.62. The van der Waals surface area contributed by atoms with Crippen LogP contribution in [0.2, 0.25) is 0 Å². The Hall–Kier alpha value is -1.74. The van der Waals surface area contributed by atoms with Crippen molar-refractivity contribution in [2.24, 2.45) is 0 Å². The first-order valence-corrected chi connectivity index (χ1v) is 7.43. The number of nitrogens with one attached hydrogen (secondary N) is 1. The third-order valence-electron chi connectivity index (χ3n) is 3.30. The number of benzene rings is 2. The highest BCUT2D eigenvalue weighted by atomic mass is 79.9. The molecule has 20 heavy (non-hydrogen) atoms. The molecule has 0 bridgehead atoms. The van der Waals surface area contributed by atoms with Crippen LogP contribution in [-0.4, -0.2) is 0 Å². The molecular weight excluding hydrogens is 314 g/mol. The Morgan fingerprint density at radius 2 is 1.90 bits per heavy atom. The quantitative estimate of drug-likeness (QED) is 0.669.